The molecule has 1 saturated carbocycles. The van der Waals surface area contributed by atoms with Gasteiger partial charge >= 0.3 is 0 Å². The van der Waals surface area contributed by atoms with E-state index >= 15 is 0 Å². The molecule has 2 heterocycles. The molecule has 0 bridgehead atoms. The fourth-order valence-electron chi connectivity index (χ4n) is 3.94. The van der Waals surface area contributed by atoms with Crippen LogP contribution in [0.4, 0.5) is 11.6 Å². The van der Waals surface area contributed by atoms with Gasteiger partial charge in [-0.1, -0.05) is 26.2 Å². The maximum Gasteiger partial charge on any atom is 0.134 e. The number of rotatable bonds is 3. The second-order valence-corrected chi connectivity index (χ2v) is 6.68. The summed E-state index contributed by atoms with van der Waals surface area (Å²) in [6, 6.07) is 2.10. The summed E-state index contributed by atoms with van der Waals surface area (Å²) < 4.78 is 0. The molecule has 0 radical (unpaired) electrons. The lowest BCUT2D eigenvalue weighted by atomic mass is 9.68. The lowest BCUT2D eigenvalue weighted by Crippen LogP contribution is -2.41. The van der Waals surface area contributed by atoms with Crippen molar-refractivity contribution in [2.24, 2.45) is 5.41 Å². The Bertz CT molecular complexity index is 447. The molecule has 0 unspecified atom stereocenters. The standard InChI is InChI=1S/C17H28N4/c1-3-14-19-15(18-2)13-16(20-14)21-11-9-17(10-12-21)7-5-4-6-8-17/h13H,3-12H2,1-2H3,(H,18,19,20). The first-order valence-corrected chi connectivity index (χ1v) is 8.55. The minimum atomic E-state index is 0.654. The van der Waals surface area contributed by atoms with E-state index in [0.717, 1.165) is 37.0 Å². The van der Waals surface area contributed by atoms with Crippen LogP contribution in [0.25, 0.3) is 0 Å². The number of aryl methyl sites for hydroxylation is 1. The van der Waals surface area contributed by atoms with Gasteiger partial charge in [-0.05, 0) is 31.1 Å². The van der Waals surface area contributed by atoms with Gasteiger partial charge in [-0.25, -0.2) is 9.97 Å². The van der Waals surface area contributed by atoms with Gasteiger partial charge in [0.05, 0.1) is 0 Å². The molecule has 0 atom stereocenters. The van der Waals surface area contributed by atoms with Gasteiger partial charge in [0, 0.05) is 32.6 Å². The molecule has 1 aromatic rings. The van der Waals surface area contributed by atoms with Crippen molar-refractivity contribution in [2.75, 3.05) is 30.4 Å². The molecule has 2 aliphatic rings. The molecule has 4 heteroatoms. The molecule has 1 saturated heterocycles. The topological polar surface area (TPSA) is 41.1 Å². The van der Waals surface area contributed by atoms with E-state index < -0.39 is 0 Å². The third-order valence-corrected chi connectivity index (χ3v) is 5.39. The molecule has 1 spiro atoms. The fraction of sp³-hybridized carbons (Fsp3) is 0.765. The number of piperidine rings is 1. The highest BCUT2D eigenvalue weighted by Gasteiger charge is 2.35. The monoisotopic (exact) mass is 288 g/mol. The van der Waals surface area contributed by atoms with Crippen LogP contribution < -0.4 is 10.2 Å². The number of anilines is 2. The molecule has 4 nitrogen and oxygen atoms in total. The summed E-state index contributed by atoms with van der Waals surface area (Å²) >= 11 is 0. The molecule has 1 aliphatic carbocycles. The Hall–Kier alpha value is -1.32. The Kier molecular flexibility index (Phi) is 4.32. The third kappa shape index (κ3) is 3.14. The quantitative estimate of drug-likeness (QED) is 0.922. The van der Waals surface area contributed by atoms with Crippen molar-refractivity contribution in [3.63, 3.8) is 0 Å². The van der Waals surface area contributed by atoms with Crippen molar-refractivity contribution in [3.05, 3.63) is 11.9 Å². The minimum Gasteiger partial charge on any atom is -0.373 e. The van der Waals surface area contributed by atoms with Gasteiger partial charge in [-0.3, -0.25) is 0 Å². The molecule has 0 amide bonds. The number of hydrogen-bond donors (Lipinski definition) is 1. The van der Waals surface area contributed by atoms with Gasteiger partial charge in [-0.2, -0.15) is 0 Å². The van der Waals surface area contributed by atoms with Crippen LogP contribution in [0.1, 0.15) is 57.7 Å². The van der Waals surface area contributed by atoms with Crippen LogP contribution in [0, 0.1) is 5.41 Å². The highest BCUT2D eigenvalue weighted by atomic mass is 15.2. The average Bonchev–Trinajstić information content (AvgIpc) is 2.55. The van der Waals surface area contributed by atoms with E-state index in [0.29, 0.717) is 5.41 Å². The highest BCUT2D eigenvalue weighted by molar-refractivity contribution is 5.49. The van der Waals surface area contributed by atoms with Crippen LogP contribution in [0.3, 0.4) is 0 Å². The van der Waals surface area contributed by atoms with Crippen molar-refractivity contribution in [1.29, 1.82) is 0 Å². The van der Waals surface area contributed by atoms with Gasteiger partial charge < -0.3 is 10.2 Å². The lowest BCUT2D eigenvalue weighted by Gasteiger charge is -2.44. The van der Waals surface area contributed by atoms with Crippen LogP contribution >= 0.6 is 0 Å². The first-order valence-electron chi connectivity index (χ1n) is 8.55. The van der Waals surface area contributed by atoms with Crippen molar-refractivity contribution < 1.29 is 0 Å². The summed E-state index contributed by atoms with van der Waals surface area (Å²) in [6.45, 7) is 4.43. The van der Waals surface area contributed by atoms with E-state index in [2.05, 4.69) is 28.2 Å². The van der Waals surface area contributed by atoms with Crippen LogP contribution in [0.2, 0.25) is 0 Å². The summed E-state index contributed by atoms with van der Waals surface area (Å²) in [5.41, 5.74) is 0.654. The van der Waals surface area contributed by atoms with Crippen molar-refractivity contribution >= 4 is 11.6 Å². The molecule has 2 fully saturated rings. The molecule has 116 valence electrons. The third-order valence-electron chi connectivity index (χ3n) is 5.39. The zero-order chi connectivity index (χ0) is 14.7. The SMILES string of the molecule is CCc1nc(NC)cc(N2CCC3(CCCCC3)CC2)n1. The minimum absolute atomic E-state index is 0.654. The Morgan fingerprint density at radius 2 is 1.81 bits per heavy atom. The Labute approximate surface area is 128 Å². The van der Waals surface area contributed by atoms with E-state index in [9.17, 15) is 0 Å². The first kappa shape index (κ1) is 14.6. The largest absolute Gasteiger partial charge is 0.373 e. The lowest BCUT2D eigenvalue weighted by molar-refractivity contribution is 0.144. The Balaban J connectivity index is 1.71. The predicted molar refractivity (Wildman–Crippen MR) is 87.9 cm³/mol. The zero-order valence-electron chi connectivity index (χ0n) is 13.5. The summed E-state index contributed by atoms with van der Waals surface area (Å²) in [7, 11) is 1.93. The van der Waals surface area contributed by atoms with E-state index in [1.807, 2.05) is 7.05 Å². The molecule has 0 aromatic carbocycles. The maximum atomic E-state index is 4.73. The number of aromatic nitrogens is 2. The van der Waals surface area contributed by atoms with Gasteiger partial charge in [-0.15, -0.1) is 0 Å². The second kappa shape index (κ2) is 6.20. The predicted octanol–water partition coefficient (Wildman–Crippen LogP) is 3.63. The zero-order valence-corrected chi connectivity index (χ0v) is 13.5. The first-order chi connectivity index (χ1) is 10.2. The second-order valence-electron chi connectivity index (χ2n) is 6.68. The van der Waals surface area contributed by atoms with Crippen molar-refractivity contribution in [1.82, 2.24) is 9.97 Å². The number of nitrogens with zero attached hydrogens (tertiary/aromatic N) is 3. The highest BCUT2D eigenvalue weighted by Crippen LogP contribution is 2.45. The molecule has 21 heavy (non-hydrogen) atoms. The van der Waals surface area contributed by atoms with Gasteiger partial charge in [0.15, 0.2) is 0 Å². The molecule has 3 rings (SSSR count). The molecule has 1 aliphatic heterocycles. The van der Waals surface area contributed by atoms with Gasteiger partial charge in [0.25, 0.3) is 0 Å². The van der Waals surface area contributed by atoms with E-state index in [-0.39, 0.29) is 0 Å². The van der Waals surface area contributed by atoms with Crippen LogP contribution in [0.5, 0.6) is 0 Å². The normalized spacial score (nSPS) is 21.5. The van der Waals surface area contributed by atoms with Crippen LogP contribution in [0.15, 0.2) is 6.07 Å². The van der Waals surface area contributed by atoms with E-state index in [4.69, 9.17) is 4.98 Å². The van der Waals surface area contributed by atoms with E-state index in [1.165, 1.54) is 44.9 Å². The smallest absolute Gasteiger partial charge is 0.134 e. The summed E-state index contributed by atoms with van der Waals surface area (Å²) in [5, 5.41) is 3.16. The molecular weight excluding hydrogens is 260 g/mol. The van der Waals surface area contributed by atoms with Gasteiger partial charge in [0.2, 0.25) is 0 Å². The van der Waals surface area contributed by atoms with Crippen LogP contribution in [-0.2, 0) is 6.42 Å². The molecule has 1 N–H and O–H groups in total. The summed E-state index contributed by atoms with van der Waals surface area (Å²) in [5.74, 6) is 2.99. The summed E-state index contributed by atoms with van der Waals surface area (Å²) in [4.78, 5) is 11.7. The number of hydrogen-bond acceptors (Lipinski definition) is 4. The van der Waals surface area contributed by atoms with Gasteiger partial charge in [0.1, 0.15) is 17.5 Å². The Morgan fingerprint density at radius 3 is 2.43 bits per heavy atom. The average molecular weight is 288 g/mol. The van der Waals surface area contributed by atoms with Crippen molar-refractivity contribution in [3.8, 4) is 0 Å². The summed E-state index contributed by atoms with van der Waals surface area (Å²) in [6.07, 6.45) is 10.8. The molecular formula is C17H28N4. The van der Waals surface area contributed by atoms with Crippen molar-refractivity contribution in [2.45, 2.75) is 58.3 Å². The Morgan fingerprint density at radius 1 is 1.10 bits per heavy atom. The van der Waals surface area contributed by atoms with E-state index in [1.54, 1.807) is 0 Å². The number of nitrogens with one attached hydrogen (secondary N) is 1. The molecule has 1 aromatic heterocycles. The maximum absolute atomic E-state index is 4.73. The fourth-order valence-corrected chi connectivity index (χ4v) is 3.94. The van der Waals surface area contributed by atoms with Crippen LogP contribution in [-0.4, -0.2) is 30.1 Å².